The Morgan fingerprint density at radius 3 is 2.74 bits per heavy atom. The topological polar surface area (TPSA) is 66.8 Å². The highest BCUT2D eigenvalue weighted by Gasteiger charge is 2.21. The average Bonchev–Trinajstić information content (AvgIpc) is 2.39. The van der Waals surface area contributed by atoms with Crippen molar-refractivity contribution in [2.75, 3.05) is 12.4 Å². The molecule has 0 heterocycles. The molecule has 6 heteroatoms. The summed E-state index contributed by atoms with van der Waals surface area (Å²) in [4.78, 5) is 11.5. The first-order valence-corrected chi connectivity index (χ1v) is 6.58. The van der Waals surface area contributed by atoms with E-state index in [-0.39, 0.29) is 24.2 Å². The summed E-state index contributed by atoms with van der Waals surface area (Å²) in [6.07, 6.45) is -1.92. The number of aliphatic hydroxyl groups excluding tert-OH is 2. The van der Waals surface area contributed by atoms with Crippen LogP contribution in [0.15, 0.2) is 18.2 Å². The lowest BCUT2D eigenvalue weighted by Gasteiger charge is -2.18. The summed E-state index contributed by atoms with van der Waals surface area (Å²) < 4.78 is 18.2. The maximum Gasteiger partial charge on any atom is 0.341 e. The zero-order valence-electron chi connectivity index (χ0n) is 10.5. The average molecular weight is 288 g/mol. The van der Waals surface area contributed by atoms with Gasteiger partial charge in [0.15, 0.2) is 0 Å². The first-order valence-electron chi connectivity index (χ1n) is 5.94. The van der Waals surface area contributed by atoms with E-state index in [9.17, 15) is 19.4 Å². The molecule has 106 valence electrons. The third-order valence-electron chi connectivity index (χ3n) is 2.62. The Bertz CT molecular complexity index is 439. The second-order valence-corrected chi connectivity index (χ2v) is 4.43. The molecule has 1 aromatic carbocycles. The van der Waals surface area contributed by atoms with Crippen LogP contribution < -0.4 is 0 Å². The highest BCUT2D eigenvalue weighted by molar-refractivity contribution is 7.80. The van der Waals surface area contributed by atoms with Gasteiger partial charge in [0.25, 0.3) is 0 Å². The molecule has 19 heavy (non-hydrogen) atoms. The molecule has 0 saturated carbocycles. The number of carbonyl (C=O) groups is 1. The molecular weight excluding hydrogens is 271 g/mol. The maximum absolute atomic E-state index is 13.5. The van der Waals surface area contributed by atoms with Crippen LogP contribution >= 0.6 is 12.6 Å². The van der Waals surface area contributed by atoms with Gasteiger partial charge < -0.3 is 14.9 Å². The van der Waals surface area contributed by atoms with Crippen molar-refractivity contribution in [3.8, 4) is 0 Å². The summed E-state index contributed by atoms with van der Waals surface area (Å²) in [7, 11) is 0. The fraction of sp³-hybridized carbons (Fsp3) is 0.462. The Kier molecular flexibility index (Phi) is 6.27. The second-order valence-electron chi connectivity index (χ2n) is 3.98. The van der Waals surface area contributed by atoms with Crippen molar-refractivity contribution in [1.29, 1.82) is 0 Å². The Balaban J connectivity index is 2.98. The number of carbonyl (C=O) groups excluding carboxylic acids is 1. The molecule has 2 N–H and O–H groups in total. The molecule has 0 aromatic heterocycles. The highest BCUT2D eigenvalue weighted by Crippen LogP contribution is 2.22. The van der Waals surface area contributed by atoms with E-state index < -0.39 is 24.0 Å². The zero-order valence-corrected chi connectivity index (χ0v) is 11.4. The number of thiol groups is 1. The molecule has 2 unspecified atom stereocenters. The van der Waals surface area contributed by atoms with Crippen LogP contribution in [-0.2, 0) is 4.74 Å². The third kappa shape index (κ3) is 4.19. The van der Waals surface area contributed by atoms with E-state index in [1.54, 1.807) is 6.92 Å². The maximum atomic E-state index is 13.5. The van der Waals surface area contributed by atoms with Gasteiger partial charge in [-0.2, -0.15) is 12.6 Å². The fourth-order valence-corrected chi connectivity index (χ4v) is 1.87. The van der Waals surface area contributed by atoms with Crippen LogP contribution in [0.25, 0.3) is 0 Å². The normalized spacial score (nSPS) is 13.9. The van der Waals surface area contributed by atoms with Gasteiger partial charge in [0.05, 0.1) is 18.3 Å². The fourth-order valence-electron chi connectivity index (χ4n) is 1.60. The Morgan fingerprint density at radius 2 is 2.16 bits per heavy atom. The molecule has 2 atom stereocenters. The number of rotatable bonds is 6. The Hall–Kier alpha value is -1.11. The number of esters is 1. The molecule has 0 aliphatic heterocycles. The molecule has 0 aliphatic rings. The van der Waals surface area contributed by atoms with Crippen molar-refractivity contribution in [1.82, 2.24) is 0 Å². The van der Waals surface area contributed by atoms with Gasteiger partial charge in [-0.25, -0.2) is 9.18 Å². The molecule has 0 radical (unpaired) electrons. The van der Waals surface area contributed by atoms with Crippen LogP contribution in [0.4, 0.5) is 4.39 Å². The van der Waals surface area contributed by atoms with Crippen LogP contribution in [0.2, 0.25) is 0 Å². The predicted molar refractivity (Wildman–Crippen MR) is 71.8 cm³/mol. The van der Waals surface area contributed by atoms with Gasteiger partial charge in [0.2, 0.25) is 0 Å². The van der Waals surface area contributed by atoms with Crippen molar-refractivity contribution in [2.45, 2.75) is 25.6 Å². The van der Waals surface area contributed by atoms with E-state index in [1.165, 1.54) is 12.1 Å². The summed E-state index contributed by atoms with van der Waals surface area (Å²) in [5, 5.41) is 19.6. The first-order chi connectivity index (χ1) is 9.01. The van der Waals surface area contributed by atoms with Gasteiger partial charge in [-0.05, 0) is 36.8 Å². The number of hydrogen-bond acceptors (Lipinski definition) is 5. The molecule has 0 fully saturated rings. The summed E-state index contributed by atoms with van der Waals surface area (Å²) >= 11 is 3.96. The molecule has 1 aromatic rings. The van der Waals surface area contributed by atoms with E-state index in [4.69, 9.17) is 4.74 Å². The minimum absolute atomic E-state index is 0.132. The minimum atomic E-state index is -1.19. The summed E-state index contributed by atoms with van der Waals surface area (Å²) in [6.45, 7) is 1.75. The number of halogens is 1. The quantitative estimate of drug-likeness (QED) is 0.551. The molecular formula is C13H17FO4S. The van der Waals surface area contributed by atoms with Crippen molar-refractivity contribution in [2.24, 2.45) is 0 Å². The van der Waals surface area contributed by atoms with E-state index >= 15 is 0 Å². The highest BCUT2D eigenvalue weighted by atomic mass is 32.1. The van der Waals surface area contributed by atoms with Crippen molar-refractivity contribution in [3.63, 3.8) is 0 Å². The van der Waals surface area contributed by atoms with Crippen molar-refractivity contribution >= 4 is 18.6 Å². The first kappa shape index (κ1) is 15.9. The lowest BCUT2D eigenvalue weighted by molar-refractivity contribution is 0.0170. The predicted octanol–water partition coefficient (Wildman–Crippen LogP) is 1.72. The van der Waals surface area contributed by atoms with Crippen molar-refractivity contribution < 1.29 is 24.1 Å². The largest absolute Gasteiger partial charge is 0.462 e. The van der Waals surface area contributed by atoms with E-state index in [2.05, 4.69) is 12.6 Å². The Morgan fingerprint density at radius 1 is 1.47 bits per heavy atom. The number of hydrogen-bond donors (Lipinski definition) is 3. The van der Waals surface area contributed by atoms with Gasteiger partial charge in [0, 0.05) is 0 Å². The van der Waals surface area contributed by atoms with Crippen molar-refractivity contribution in [3.05, 3.63) is 35.1 Å². The van der Waals surface area contributed by atoms with Gasteiger partial charge in [0.1, 0.15) is 11.9 Å². The molecule has 0 amide bonds. The van der Waals surface area contributed by atoms with Crippen LogP contribution in [0.5, 0.6) is 0 Å². The van der Waals surface area contributed by atoms with Gasteiger partial charge in [-0.3, -0.25) is 0 Å². The van der Waals surface area contributed by atoms with E-state index in [1.807, 2.05) is 0 Å². The lowest BCUT2D eigenvalue weighted by Crippen LogP contribution is -2.19. The monoisotopic (exact) mass is 288 g/mol. The van der Waals surface area contributed by atoms with E-state index in [0.717, 1.165) is 6.07 Å². The summed E-state index contributed by atoms with van der Waals surface area (Å²) in [5.74, 6) is -1.11. The molecule has 1 rings (SSSR count). The van der Waals surface area contributed by atoms with Gasteiger partial charge in [-0.1, -0.05) is 6.07 Å². The van der Waals surface area contributed by atoms with Crippen LogP contribution in [0, 0.1) is 5.82 Å². The van der Waals surface area contributed by atoms with Gasteiger partial charge >= 0.3 is 5.97 Å². The number of benzene rings is 1. The summed E-state index contributed by atoms with van der Waals surface area (Å²) in [5.41, 5.74) is 0.00945. The third-order valence-corrected chi connectivity index (χ3v) is 2.87. The minimum Gasteiger partial charge on any atom is -0.462 e. The molecule has 0 saturated heterocycles. The van der Waals surface area contributed by atoms with Crippen LogP contribution in [0.1, 0.15) is 35.4 Å². The smallest absolute Gasteiger partial charge is 0.341 e. The molecule has 0 aliphatic carbocycles. The van der Waals surface area contributed by atoms with Crippen LogP contribution in [0.3, 0.4) is 0 Å². The molecule has 0 bridgehead atoms. The molecule has 0 spiro atoms. The zero-order chi connectivity index (χ0) is 14.4. The standard InChI is InChI=1S/C13H17FO4S/c1-2-18-13(17)9-7-8(3-4-10(9)14)12(16)11(15)5-6-19/h3-4,7,11-12,15-16,19H,2,5-6H2,1H3. The Labute approximate surface area is 116 Å². The van der Waals surface area contributed by atoms with Crippen LogP contribution in [-0.4, -0.2) is 34.6 Å². The summed E-state index contributed by atoms with van der Waals surface area (Å²) in [6, 6.07) is 3.59. The lowest BCUT2D eigenvalue weighted by atomic mass is 10.0. The van der Waals surface area contributed by atoms with Gasteiger partial charge in [-0.15, -0.1) is 0 Å². The van der Waals surface area contributed by atoms with E-state index in [0.29, 0.717) is 5.75 Å². The SMILES string of the molecule is CCOC(=O)c1cc(C(O)C(O)CCS)ccc1F. The number of ether oxygens (including phenoxy) is 1. The second kappa shape index (κ2) is 7.47. The number of aliphatic hydroxyl groups is 2. The molecule has 4 nitrogen and oxygen atoms in total.